The highest BCUT2D eigenvalue weighted by atomic mass is 32.1. The maximum absolute atomic E-state index is 13.1. The molecule has 0 radical (unpaired) electrons. The van der Waals surface area contributed by atoms with Crippen LogP contribution in [0.15, 0.2) is 54.6 Å². The summed E-state index contributed by atoms with van der Waals surface area (Å²) < 4.78 is 5.91. The number of thiophene rings is 1. The second-order valence-corrected chi connectivity index (χ2v) is 11.0. The van der Waals surface area contributed by atoms with Gasteiger partial charge in [-0.25, -0.2) is 0 Å². The van der Waals surface area contributed by atoms with Crippen LogP contribution in [0.1, 0.15) is 71.7 Å². The minimum atomic E-state index is -0.226. The van der Waals surface area contributed by atoms with Gasteiger partial charge in [0.2, 0.25) is 0 Å². The lowest BCUT2D eigenvalue weighted by Crippen LogP contribution is -2.38. The third-order valence-corrected chi connectivity index (χ3v) is 8.71. The molecule has 0 fully saturated rings. The molecule has 1 amide bonds. The molecule has 0 unspecified atom stereocenters. The topological polar surface area (TPSA) is 50.4 Å². The van der Waals surface area contributed by atoms with E-state index in [1.165, 1.54) is 16.9 Å². The van der Waals surface area contributed by atoms with E-state index in [1.807, 2.05) is 42.5 Å². The maximum atomic E-state index is 13.1. The first-order valence-electron chi connectivity index (χ1n) is 11.9. The van der Waals surface area contributed by atoms with Gasteiger partial charge in [-0.2, -0.15) is 0 Å². The van der Waals surface area contributed by atoms with Crippen LogP contribution < -0.4 is 15.4 Å². The number of fused-ring (bicyclic) bond motifs is 3. The predicted octanol–water partition coefficient (Wildman–Crippen LogP) is 6.72. The molecule has 4 nitrogen and oxygen atoms in total. The van der Waals surface area contributed by atoms with Crippen LogP contribution in [0, 0.1) is 11.3 Å². The highest BCUT2D eigenvalue weighted by Gasteiger charge is 2.37. The molecule has 0 saturated heterocycles. The molecule has 33 heavy (non-hydrogen) atoms. The lowest BCUT2D eigenvalue weighted by Gasteiger charge is -2.36. The van der Waals surface area contributed by atoms with Gasteiger partial charge in [0.25, 0.3) is 5.91 Å². The number of anilines is 1. The second-order valence-electron chi connectivity index (χ2n) is 9.88. The fraction of sp³-hybridized carbons (Fsp3) is 0.393. The number of amides is 1. The first-order valence-corrected chi connectivity index (χ1v) is 12.7. The van der Waals surface area contributed by atoms with E-state index in [2.05, 4.69) is 43.5 Å². The normalized spacial score (nSPS) is 19.8. The molecule has 3 aromatic rings. The first kappa shape index (κ1) is 22.0. The molecule has 2 N–H and O–H groups in total. The molecular weight excluding hydrogens is 428 g/mol. The number of hydrogen-bond donors (Lipinski definition) is 2. The summed E-state index contributed by atoms with van der Waals surface area (Å²) in [5.74, 6) is 1.54. The van der Waals surface area contributed by atoms with Crippen molar-refractivity contribution in [1.29, 1.82) is 0 Å². The average molecular weight is 461 g/mol. The van der Waals surface area contributed by atoms with E-state index >= 15 is 0 Å². The molecule has 5 heteroatoms. The van der Waals surface area contributed by atoms with Gasteiger partial charge < -0.3 is 15.4 Å². The summed E-state index contributed by atoms with van der Waals surface area (Å²) in [6.45, 7) is 7.58. The zero-order valence-electron chi connectivity index (χ0n) is 19.6. The summed E-state index contributed by atoms with van der Waals surface area (Å²) in [6, 6.07) is 18.1. The fourth-order valence-corrected chi connectivity index (χ4v) is 6.27. The Kier molecular flexibility index (Phi) is 5.92. The highest BCUT2D eigenvalue weighted by molar-refractivity contribution is 7.16. The van der Waals surface area contributed by atoms with Crippen LogP contribution in [0.3, 0.4) is 0 Å². The Hall–Kier alpha value is -2.79. The quantitative estimate of drug-likeness (QED) is 0.429. The number of hydrogen-bond acceptors (Lipinski definition) is 4. The standard InChI is InChI=1S/C28H32N2O2S/c1-4-28(2,3)20-12-15-22-23(16-20)33-27-24(22)26(31)29-25(30-27)19-10-13-21(14-11-19)32-17-18-8-6-5-7-9-18/h5-11,13-14,20,25,30H,4,12,15-17H2,1-3H3,(H,29,31)/t20-,25+/m0/s1. The number of ether oxygens (including phenoxy) is 1. The number of carbonyl (C=O) groups excluding carboxylic acids is 1. The van der Waals surface area contributed by atoms with Crippen LogP contribution in [0.4, 0.5) is 5.00 Å². The van der Waals surface area contributed by atoms with Crippen LogP contribution in [0.25, 0.3) is 0 Å². The summed E-state index contributed by atoms with van der Waals surface area (Å²) in [5, 5.41) is 7.78. The predicted molar refractivity (Wildman–Crippen MR) is 135 cm³/mol. The molecule has 1 aliphatic heterocycles. The molecule has 0 bridgehead atoms. The van der Waals surface area contributed by atoms with Crippen molar-refractivity contribution in [3.63, 3.8) is 0 Å². The largest absolute Gasteiger partial charge is 0.489 e. The molecule has 5 rings (SSSR count). The number of carbonyl (C=O) groups is 1. The van der Waals surface area contributed by atoms with E-state index in [0.29, 0.717) is 17.9 Å². The van der Waals surface area contributed by atoms with E-state index in [9.17, 15) is 4.79 Å². The van der Waals surface area contributed by atoms with Crippen LogP contribution >= 0.6 is 11.3 Å². The highest BCUT2D eigenvalue weighted by Crippen LogP contribution is 2.47. The molecule has 172 valence electrons. The molecular formula is C28H32N2O2S. The Balaban J connectivity index is 1.29. The van der Waals surface area contributed by atoms with Gasteiger partial charge in [-0.1, -0.05) is 69.7 Å². The summed E-state index contributed by atoms with van der Waals surface area (Å²) in [5.41, 5.74) is 4.65. The molecule has 0 saturated carbocycles. The summed E-state index contributed by atoms with van der Waals surface area (Å²) >= 11 is 1.78. The van der Waals surface area contributed by atoms with Crippen molar-refractivity contribution >= 4 is 22.2 Å². The SMILES string of the molecule is CCC(C)(C)[C@H]1CCc2c(sc3c2C(=O)N[C@@H](c2ccc(OCc4ccccc4)cc2)N3)C1. The molecule has 1 aromatic heterocycles. The summed E-state index contributed by atoms with van der Waals surface area (Å²) in [6.07, 6.45) is 4.21. The van der Waals surface area contributed by atoms with Crippen LogP contribution in [-0.2, 0) is 19.4 Å². The van der Waals surface area contributed by atoms with E-state index in [-0.39, 0.29) is 12.1 Å². The summed E-state index contributed by atoms with van der Waals surface area (Å²) in [7, 11) is 0. The lowest BCUT2D eigenvalue weighted by molar-refractivity contribution is 0.0934. The Morgan fingerprint density at radius 1 is 1.06 bits per heavy atom. The van der Waals surface area contributed by atoms with Crippen molar-refractivity contribution < 1.29 is 9.53 Å². The van der Waals surface area contributed by atoms with Gasteiger partial charge in [-0.05, 0) is 59.4 Å². The van der Waals surface area contributed by atoms with Crippen molar-refractivity contribution in [1.82, 2.24) is 5.32 Å². The molecule has 2 heterocycles. The average Bonchev–Trinajstić information content (AvgIpc) is 3.22. The van der Waals surface area contributed by atoms with E-state index in [1.54, 1.807) is 11.3 Å². The van der Waals surface area contributed by atoms with Crippen molar-refractivity contribution in [2.24, 2.45) is 11.3 Å². The molecule has 1 aliphatic carbocycles. The van der Waals surface area contributed by atoms with E-state index in [0.717, 1.165) is 46.7 Å². The molecule has 2 atom stereocenters. The summed E-state index contributed by atoms with van der Waals surface area (Å²) in [4.78, 5) is 14.5. The minimum absolute atomic E-state index is 0.0452. The van der Waals surface area contributed by atoms with Crippen molar-refractivity contribution in [2.75, 3.05) is 5.32 Å². The van der Waals surface area contributed by atoms with Crippen molar-refractivity contribution in [3.8, 4) is 5.75 Å². The van der Waals surface area contributed by atoms with Gasteiger partial charge in [-0.3, -0.25) is 4.79 Å². The fourth-order valence-electron chi connectivity index (χ4n) is 4.92. The third kappa shape index (κ3) is 4.39. The first-order chi connectivity index (χ1) is 15.9. The third-order valence-electron chi connectivity index (χ3n) is 7.52. The van der Waals surface area contributed by atoms with E-state index < -0.39 is 0 Å². The van der Waals surface area contributed by atoms with Crippen molar-refractivity contribution in [2.45, 2.75) is 59.2 Å². The minimum Gasteiger partial charge on any atom is -0.489 e. The van der Waals surface area contributed by atoms with E-state index in [4.69, 9.17) is 4.74 Å². The van der Waals surface area contributed by atoms with Crippen LogP contribution in [0.2, 0.25) is 0 Å². The Morgan fingerprint density at radius 3 is 2.55 bits per heavy atom. The molecule has 0 spiro atoms. The Morgan fingerprint density at radius 2 is 1.82 bits per heavy atom. The smallest absolute Gasteiger partial charge is 0.256 e. The number of nitrogens with one attached hydrogen (secondary N) is 2. The monoisotopic (exact) mass is 460 g/mol. The van der Waals surface area contributed by atoms with Gasteiger partial charge in [0.05, 0.1) is 5.56 Å². The van der Waals surface area contributed by atoms with Gasteiger partial charge in [-0.15, -0.1) is 11.3 Å². The van der Waals surface area contributed by atoms with Crippen LogP contribution in [-0.4, -0.2) is 5.91 Å². The number of rotatable bonds is 6. The number of benzene rings is 2. The Labute approximate surface area is 200 Å². The van der Waals surface area contributed by atoms with Gasteiger partial charge in [0.1, 0.15) is 23.5 Å². The van der Waals surface area contributed by atoms with Gasteiger partial charge in [0, 0.05) is 4.88 Å². The Bertz CT molecular complexity index is 1130. The zero-order chi connectivity index (χ0) is 23.0. The van der Waals surface area contributed by atoms with Gasteiger partial charge in [0.15, 0.2) is 0 Å². The van der Waals surface area contributed by atoms with Crippen molar-refractivity contribution in [3.05, 3.63) is 81.7 Å². The molecule has 2 aliphatic rings. The lowest BCUT2D eigenvalue weighted by atomic mass is 9.69. The maximum Gasteiger partial charge on any atom is 0.256 e. The van der Waals surface area contributed by atoms with Crippen LogP contribution in [0.5, 0.6) is 5.75 Å². The second kappa shape index (κ2) is 8.86. The molecule has 2 aromatic carbocycles. The van der Waals surface area contributed by atoms with Gasteiger partial charge >= 0.3 is 0 Å². The zero-order valence-corrected chi connectivity index (χ0v) is 20.4.